The predicted octanol–water partition coefficient (Wildman–Crippen LogP) is 16.3. The molecule has 0 bridgehead atoms. The molecular formula is C58H38N2O. The van der Waals surface area contributed by atoms with Crippen molar-refractivity contribution in [2.45, 2.75) is 0 Å². The van der Waals surface area contributed by atoms with E-state index in [1.807, 2.05) is 12.1 Å². The van der Waals surface area contributed by atoms with Crippen LogP contribution in [0.15, 0.2) is 235 Å². The first-order valence-corrected chi connectivity index (χ1v) is 20.8. The maximum Gasteiger partial charge on any atom is 0.135 e. The molecular weight excluding hydrogens is 741 g/mol. The third kappa shape index (κ3) is 5.90. The Morgan fingerprint density at radius 3 is 1.69 bits per heavy atom. The van der Waals surface area contributed by atoms with Gasteiger partial charge in [0.2, 0.25) is 0 Å². The number of hydrogen-bond donors (Lipinski definition) is 0. The second-order valence-electron chi connectivity index (χ2n) is 15.7. The van der Waals surface area contributed by atoms with Crippen LogP contribution in [0.2, 0.25) is 0 Å². The second kappa shape index (κ2) is 14.3. The van der Waals surface area contributed by atoms with E-state index in [0.29, 0.717) is 0 Å². The van der Waals surface area contributed by atoms with Crippen LogP contribution in [-0.2, 0) is 0 Å². The molecule has 0 aliphatic rings. The minimum atomic E-state index is 0.879. The van der Waals surface area contributed by atoms with Crippen LogP contribution in [0.3, 0.4) is 0 Å². The number of fused-ring (bicyclic) bond motifs is 7. The summed E-state index contributed by atoms with van der Waals surface area (Å²) in [4.78, 5) is 2.36. The molecule has 0 N–H and O–H groups in total. The summed E-state index contributed by atoms with van der Waals surface area (Å²) in [6.45, 7) is 0. The summed E-state index contributed by atoms with van der Waals surface area (Å²) >= 11 is 0. The lowest BCUT2D eigenvalue weighted by atomic mass is 9.97. The smallest absolute Gasteiger partial charge is 0.135 e. The number of furan rings is 1. The van der Waals surface area contributed by atoms with E-state index in [9.17, 15) is 0 Å². The van der Waals surface area contributed by atoms with Gasteiger partial charge in [-0.3, -0.25) is 0 Å². The minimum absolute atomic E-state index is 0.879. The van der Waals surface area contributed by atoms with E-state index in [2.05, 4.69) is 228 Å². The van der Waals surface area contributed by atoms with Gasteiger partial charge >= 0.3 is 0 Å². The summed E-state index contributed by atoms with van der Waals surface area (Å²) in [5.74, 6) is 0. The normalized spacial score (nSPS) is 11.6. The van der Waals surface area contributed by atoms with Gasteiger partial charge < -0.3 is 13.9 Å². The molecule has 61 heavy (non-hydrogen) atoms. The minimum Gasteiger partial charge on any atom is -0.456 e. The lowest BCUT2D eigenvalue weighted by molar-refractivity contribution is 0.669. The molecule has 2 heterocycles. The van der Waals surface area contributed by atoms with Crippen molar-refractivity contribution in [2.75, 3.05) is 4.90 Å². The molecule has 0 atom stereocenters. The molecule has 0 aliphatic heterocycles. The molecule has 0 spiro atoms. The van der Waals surface area contributed by atoms with E-state index in [1.165, 1.54) is 54.8 Å². The Balaban J connectivity index is 0.961. The zero-order valence-corrected chi connectivity index (χ0v) is 33.2. The van der Waals surface area contributed by atoms with Gasteiger partial charge in [0.1, 0.15) is 11.2 Å². The topological polar surface area (TPSA) is 21.3 Å². The van der Waals surface area contributed by atoms with E-state index in [4.69, 9.17) is 4.42 Å². The molecule has 12 rings (SSSR count). The van der Waals surface area contributed by atoms with E-state index in [0.717, 1.165) is 55.8 Å². The molecule has 0 fully saturated rings. The third-order valence-corrected chi connectivity index (χ3v) is 12.2. The van der Waals surface area contributed by atoms with Crippen molar-refractivity contribution in [3.63, 3.8) is 0 Å². The molecule has 0 aliphatic carbocycles. The highest BCUT2D eigenvalue weighted by Crippen LogP contribution is 2.42. The second-order valence-corrected chi connectivity index (χ2v) is 15.7. The Morgan fingerprint density at radius 1 is 0.311 bits per heavy atom. The highest BCUT2D eigenvalue weighted by Gasteiger charge is 2.19. The Hall–Kier alpha value is -8.14. The van der Waals surface area contributed by atoms with Crippen LogP contribution >= 0.6 is 0 Å². The Morgan fingerprint density at radius 2 is 0.869 bits per heavy atom. The van der Waals surface area contributed by atoms with E-state index in [-0.39, 0.29) is 0 Å². The average molecular weight is 779 g/mol. The summed E-state index contributed by atoms with van der Waals surface area (Å²) in [5.41, 5.74) is 15.6. The SMILES string of the molecule is c1cc(-c2ccc(N(c3cccc(-c4cccc5ccccc45)c3)c3ccc4oc5ccccc5c4c3)cc2)cc(-c2ccccc2-n2c3ccccc3c3ccccc32)c1. The lowest BCUT2D eigenvalue weighted by Gasteiger charge is -2.26. The lowest BCUT2D eigenvalue weighted by Crippen LogP contribution is -2.10. The highest BCUT2D eigenvalue weighted by molar-refractivity contribution is 6.10. The number of nitrogens with zero attached hydrogens (tertiary/aromatic N) is 2. The Bertz CT molecular complexity index is 3550. The van der Waals surface area contributed by atoms with Crippen LogP contribution in [0.5, 0.6) is 0 Å². The number of aromatic nitrogens is 1. The van der Waals surface area contributed by atoms with Gasteiger partial charge in [0, 0.05) is 44.2 Å². The first kappa shape index (κ1) is 34.9. The van der Waals surface area contributed by atoms with Crippen LogP contribution in [0.4, 0.5) is 17.1 Å². The molecule has 0 saturated carbocycles. The van der Waals surface area contributed by atoms with Gasteiger partial charge in [-0.05, 0) is 111 Å². The first-order chi connectivity index (χ1) is 30.2. The summed E-state index contributed by atoms with van der Waals surface area (Å²) in [7, 11) is 0. The van der Waals surface area contributed by atoms with Gasteiger partial charge in [0.25, 0.3) is 0 Å². The zero-order valence-electron chi connectivity index (χ0n) is 33.2. The van der Waals surface area contributed by atoms with Crippen molar-refractivity contribution < 1.29 is 4.42 Å². The molecule has 2 aromatic heterocycles. The monoisotopic (exact) mass is 778 g/mol. The zero-order chi connectivity index (χ0) is 40.3. The van der Waals surface area contributed by atoms with Gasteiger partial charge in [-0.1, -0.05) is 158 Å². The molecule has 12 aromatic rings. The molecule has 0 amide bonds. The van der Waals surface area contributed by atoms with Gasteiger partial charge in [-0.25, -0.2) is 0 Å². The van der Waals surface area contributed by atoms with Crippen molar-refractivity contribution in [3.05, 3.63) is 231 Å². The molecule has 3 heteroatoms. The Kier molecular flexibility index (Phi) is 8.17. The van der Waals surface area contributed by atoms with Gasteiger partial charge in [-0.15, -0.1) is 0 Å². The summed E-state index contributed by atoms with van der Waals surface area (Å²) in [6, 6.07) is 83.0. The number of hydrogen-bond acceptors (Lipinski definition) is 2. The predicted molar refractivity (Wildman–Crippen MR) is 257 cm³/mol. The van der Waals surface area contributed by atoms with Crippen molar-refractivity contribution in [3.8, 4) is 39.1 Å². The largest absolute Gasteiger partial charge is 0.456 e. The highest BCUT2D eigenvalue weighted by atomic mass is 16.3. The standard InChI is InChI=1S/C58H38N2O/c1-2-20-47-40(14-1)15-13-25-48(47)43-18-12-19-45(37-43)59(46-34-35-58-53(38-46)52-24-6-10-29-57(52)61-58)44-32-30-39(31-33-44)41-16-11-17-42(36-41)49-21-3-7-26-54(49)60-55-27-8-4-22-50(55)51-23-5-9-28-56(51)60/h1-38H. The molecule has 286 valence electrons. The number of benzene rings is 10. The van der Waals surface area contributed by atoms with Crippen LogP contribution in [0.25, 0.3) is 93.6 Å². The number of rotatable bonds is 7. The summed E-state index contributed by atoms with van der Waals surface area (Å²) in [6.07, 6.45) is 0. The van der Waals surface area contributed by atoms with Crippen molar-refractivity contribution >= 4 is 71.6 Å². The quantitative estimate of drug-likeness (QED) is 0.161. The van der Waals surface area contributed by atoms with Crippen LogP contribution in [-0.4, -0.2) is 4.57 Å². The van der Waals surface area contributed by atoms with E-state index in [1.54, 1.807) is 0 Å². The van der Waals surface area contributed by atoms with Crippen LogP contribution < -0.4 is 4.90 Å². The van der Waals surface area contributed by atoms with Gasteiger partial charge in [0.05, 0.1) is 16.7 Å². The fraction of sp³-hybridized carbons (Fsp3) is 0. The maximum atomic E-state index is 6.27. The molecule has 0 radical (unpaired) electrons. The maximum absolute atomic E-state index is 6.27. The van der Waals surface area contributed by atoms with Crippen molar-refractivity contribution in [1.82, 2.24) is 4.57 Å². The summed E-state index contributed by atoms with van der Waals surface area (Å²) < 4.78 is 8.68. The van der Waals surface area contributed by atoms with Crippen molar-refractivity contribution in [2.24, 2.45) is 0 Å². The number of anilines is 3. The fourth-order valence-electron chi connectivity index (χ4n) is 9.35. The van der Waals surface area contributed by atoms with E-state index >= 15 is 0 Å². The molecule has 0 unspecified atom stereocenters. The van der Waals surface area contributed by atoms with Crippen molar-refractivity contribution in [1.29, 1.82) is 0 Å². The first-order valence-electron chi connectivity index (χ1n) is 20.8. The average Bonchev–Trinajstić information content (AvgIpc) is 3.87. The summed E-state index contributed by atoms with van der Waals surface area (Å²) in [5, 5.41) is 7.19. The molecule has 3 nitrogen and oxygen atoms in total. The van der Waals surface area contributed by atoms with E-state index < -0.39 is 0 Å². The molecule has 10 aromatic carbocycles. The fourth-order valence-corrected chi connectivity index (χ4v) is 9.35. The Labute approximate surface area is 353 Å². The van der Waals surface area contributed by atoms with Crippen LogP contribution in [0, 0.1) is 0 Å². The third-order valence-electron chi connectivity index (χ3n) is 12.2. The molecule has 0 saturated heterocycles. The van der Waals surface area contributed by atoms with Gasteiger partial charge in [0.15, 0.2) is 0 Å². The van der Waals surface area contributed by atoms with Gasteiger partial charge in [-0.2, -0.15) is 0 Å². The van der Waals surface area contributed by atoms with Crippen LogP contribution in [0.1, 0.15) is 0 Å². The number of para-hydroxylation sites is 4.